The molecule has 3 fully saturated rings. The molecule has 5 aromatic rings. The van der Waals surface area contributed by atoms with Crippen molar-refractivity contribution >= 4 is 113 Å². The fraction of sp³-hybridized carbons (Fsp3) is 0.361. The number of aliphatic hydroxyl groups excluding tert-OH is 1. The van der Waals surface area contributed by atoms with Crippen molar-refractivity contribution < 1.29 is 130 Å². The van der Waals surface area contributed by atoms with Gasteiger partial charge in [0.2, 0.25) is 26.0 Å². The Morgan fingerprint density at radius 3 is 1.12 bits per heavy atom. The van der Waals surface area contributed by atoms with E-state index in [1.807, 2.05) is 57.8 Å². The van der Waals surface area contributed by atoms with Gasteiger partial charge >= 0.3 is 65.6 Å². The van der Waals surface area contributed by atoms with E-state index in [1.54, 1.807) is 42.5 Å². The van der Waals surface area contributed by atoms with Gasteiger partial charge in [0, 0.05) is 38.4 Å². The Bertz CT molecular complexity index is 4470. The van der Waals surface area contributed by atoms with Crippen molar-refractivity contribution in [3.8, 4) is 17.2 Å². The van der Waals surface area contributed by atoms with E-state index in [0.29, 0.717) is 45.6 Å². The van der Waals surface area contributed by atoms with Crippen LogP contribution in [0, 0.1) is 38.0 Å². The molecule has 6 aliphatic rings. The number of hydrogen-bond acceptors (Lipinski definition) is 23. The van der Waals surface area contributed by atoms with Gasteiger partial charge in [0.05, 0.1) is 86.8 Å². The number of amides is 5. The molecule has 0 unspecified atom stereocenters. The number of β-lactam (4-membered cyclic amide) rings is 3. The second kappa shape index (κ2) is 32.9. The van der Waals surface area contributed by atoms with Crippen molar-refractivity contribution in [1.82, 2.24) is 25.3 Å². The van der Waals surface area contributed by atoms with Gasteiger partial charge in [-0.1, -0.05) is 36.4 Å². The molecule has 6 aliphatic heterocycles. The second-order valence-electron chi connectivity index (χ2n) is 28.4. The van der Waals surface area contributed by atoms with E-state index in [2.05, 4.69) is 49.9 Å². The molecule has 3 saturated heterocycles. The number of carboxylic acids is 1. The van der Waals surface area contributed by atoms with Gasteiger partial charge in [-0.2, -0.15) is 0 Å². The minimum atomic E-state index is -1.97. The topological polar surface area (TPSA) is 399 Å². The Morgan fingerprint density at radius 2 is 0.802 bits per heavy atom. The summed E-state index contributed by atoms with van der Waals surface area (Å²) in [5.74, 6) is -6.87. The van der Waals surface area contributed by atoms with Gasteiger partial charge < -0.3 is 72.6 Å². The first kappa shape index (κ1) is 81.8. The summed E-state index contributed by atoms with van der Waals surface area (Å²) in [5, 5.41) is 47.9. The quantitative estimate of drug-likeness (QED) is 0.0197. The van der Waals surface area contributed by atoms with Crippen LogP contribution in [0.5, 0.6) is 17.2 Å². The number of carbonyl (C=O) groups is 10. The van der Waals surface area contributed by atoms with E-state index < -0.39 is 119 Å². The van der Waals surface area contributed by atoms with Crippen LogP contribution in [0.4, 0.5) is 21.0 Å². The third-order valence-corrected chi connectivity index (χ3v) is 20.6. The summed E-state index contributed by atoms with van der Waals surface area (Å²) in [6.07, 6.45) is -1.94. The SMILES string of the molecule is CNC(=O)Oc1cccc(C2=C(C(=O)OC(=O)c3ccc([N+](=O)[O-])cc3)N3C(=O)[C@H]([C@@H](C)O[Si](C)(C)C)[C@H]3C2)c1.CNC(=O)Oc1cccc(C2=C(C(=O)[O-])N3C(=O)[C@H]([C@@H](C)O)[C@H]3C2)c1.C[C@@H](O[Si](C)(C)C)[C@H]1C(=O)N2C(C(=O)OC(=O)c3ccc([N+](=O)[O-])cc3)=C(c3cccc(O[Si](C)(C)C)c3)C[C@H]12.[Na+]. The summed E-state index contributed by atoms with van der Waals surface area (Å²) in [6, 6.07) is 28.5. The zero-order valence-corrected chi connectivity index (χ0v) is 66.0. The average molecular weight is 1520 g/mol. The molecule has 0 spiro atoms. The van der Waals surface area contributed by atoms with Crippen LogP contribution in [0.15, 0.2) is 138 Å². The van der Waals surface area contributed by atoms with E-state index in [-0.39, 0.29) is 124 Å². The first-order valence-electron chi connectivity index (χ1n) is 33.5. The normalized spacial score (nSPS) is 20.0. The minimum Gasteiger partial charge on any atom is -0.544 e. The van der Waals surface area contributed by atoms with Crippen molar-refractivity contribution in [2.24, 2.45) is 17.8 Å². The van der Waals surface area contributed by atoms with Crippen molar-refractivity contribution in [3.05, 3.63) is 186 Å². The Balaban J connectivity index is 0.000000205. The number of carbonyl (C=O) groups excluding carboxylic acids is 10. The van der Waals surface area contributed by atoms with Crippen LogP contribution in [0.25, 0.3) is 16.7 Å². The van der Waals surface area contributed by atoms with Crippen LogP contribution in [0.3, 0.4) is 0 Å². The number of nitrogens with one attached hydrogen (secondary N) is 2. The van der Waals surface area contributed by atoms with Crippen molar-refractivity contribution in [2.45, 2.75) is 135 Å². The number of fused-ring (bicyclic) bond motifs is 3. The molecular weight excluding hydrogens is 1440 g/mol. The predicted molar refractivity (Wildman–Crippen MR) is 382 cm³/mol. The van der Waals surface area contributed by atoms with Gasteiger partial charge in [-0.05, 0) is 193 Å². The molecule has 34 heteroatoms. The molecule has 554 valence electrons. The molecule has 0 saturated carbocycles. The summed E-state index contributed by atoms with van der Waals surface area (Å²) < 4.78 is 39.2. The first-order chi connectivity index (χ1) is 49.2. The van der Waals surface area contributed by atoms with Crippen LogP contribution < -0.4 is 59.2 Å². The molecule has 0 aromatic heterocycles. The molecule has 11 rings (SSSR count). The third-order valence-electron chi connectivity index (χ3n) is 17.6. The molecule has 9 atom stereocenters. The number of non-ortho nitro benzene ring substituents is 2. The Hall–Kier alpha value is -9.85. The monoisotopic (exact) mass is 1520 g/mol. The summed E-state index contributed by atoms with van der Waals surface area (Å²) in [4.78, 5) is 151. The maximum Gasteiger partial charge on any atom is 1.00 e. The zero-order chi connectivity index (χ0) is 77.2. The van der Waals surface area contributed by atoms with E-state index in [9.17, 15) is 78.4 Å². The number of aliphatic hydroxyl groups is 1. The summed E-state index contributed by atoms with van der Waals surface area (Å²) in [6.45, 7) is 23.7. The van der Waals surface area contributed by atoms with Gasteiger partial charge in [0.1, 0.15) is 28.6 Å². The number of rotatable bonds is 21. The van der Waals surface area contributed by atoms with Gasteiger partial charge in [-0.25, -0.2) is 28.8 Å². The molecule has 0 aliphatic carbocycles. The summed E-state index contributed by atoms with van der Waals surface area (Å²) in [5.41, 5.74) is 2.42. The number of ether oxygens (including phenoxy) is 4. The van der Waals surface area contributed by atoms with E-state index >= 15 is 0 Å². The number of hydrogen-bond donors (Lipinski definition) is 3. The molecule has 5 aromatic carbocycles. The van der Waals surface area contributed by atoms with Gasteiger partial charge in [-0.3, -0.25) is 34.6 Å². The number of nitro groups is 2. The van der Waals surface area contributed by atoms with Crippen molar-refractivity contribution in [2.75, 3.05) is 14.1 Å². The summed E-state index contributed by atoms with van der Waals surface area (Å²) in [7, 11) is -2.98. The number of nitro benzene ring substituents is 2. The van der Waals surface area contributed by atoms with E-state index in [0.717, 1.165) is 24.3 Å². The number of benzene rings is 5. The van der Waals surface area contributed by atoms with Crippen LogP contribution >= 0.6 is 0 Å². The van der Waals surface area contributed by atoms with Crippen LogP contribution in [0.2, 0.25) is 58.9 Å². The fourth-order valence-corrected chi connectivity index (χ4v) is 16.9. The van der Waals surface area contributed by atoms with Gasteiger partial charge in [0.25, 0.3) is 11.4 Å². The van der Waals surface area contributed by atoms with Crippen LogP contribution in [-0.2, 0) is 47.1 Å². The Labute approximate surface area is 635 Å². The zero-order valence-electron chi connectivity index (χ0n) is 61.0. The molecule has 5 amide bonds. The van der Waals surface area contributed by atoms with Gasteiger partial charge in [0.15, 0.2) is 16.6 Å². The number of aliphatic carboxylic acids is 1. The number of carboxylic acid groups (broad SMARTS) is 1. The molecule has 3 N–H and O–H groups in total. The molecule has 0 radical (unpaired) electrons. The van der Waals surface area contributed by atoms with Gasteiger partial charge in [-0.15, -0.1) is 0 Å². The Kier molecular flexibility index (Phi) is 25.4. The Morgan fingerprint density at radius 1 is 0.481 bits per heavy atom. The van der Waals surface area contributed by atoms with Crippen molar-refractivity contribution in [1.29, 1.82) is 0 Å². The smallest absolute Gasteiger partial charge is 0.544 e. The third kappa shape index (κ3) is 18.3. The standard InChI is InChI=1S/C28H34N2O8Si2.C27H29N3O9Si.C17H18N2O6.Na/c1-17(37-39(2,3)4)24-23-16-22(19-9-8-10-21(15-19)38-40(5,6)7)25(29(23)26(24)31)28(33)36-27(32)18-11-13-20(14-12-18)30(34)35;1-15(39-40(3,4)5)22-21-14-20(17-7-6-8-19(13-17)37-27(34)28-2)23(29(21)24(22)31)26(33)38-25(32)16-9-11-18(12-10-16)30(35)36;1-8(20)13-12-7-11(14(16(22)23)19(12)15(13)21)9-4-3-5-10(6-9)25-17(24)18-2;/h8-15,17,23-24H,16H2,1-7H3;6-13,15,21-22H,14H2,1-5H3,(H,28,34);3-6,8,12-13,20H,7H2,1-2H3,(H,18,24)(H,22,23);/q;;;+1/p-1/t17-,23-,24-;15-,21-,22-;8-,12-,13-;/m111./s1. The average Bonchev–Trinajstić information content (AvgIpc) is 1.57. The molecule has 0 bridgehead atoms. The number of esters is 4. The maximum atomic E-state index is 13.5. The fourth-order valence-electron chi connectivity index (χ4n) is 13.5. The predicted octanol–water partition coefficient (Wildman–Crippen LogP) is 5.73. The van der Waals surface area contributed by atoms with E-state index in [1.165, 1.54) is 66.1 Å². The first-order valence-corrected chi connectivity index (χ1v) is 43.7. The van der Waals surface area contributed by atoms with Crippen molar-refractivity contribution in [3.63, 3.8) is 0 Å². The molecule has 6 heterocycles. The number of nitrogens with zero attached hydrogens (tertiary/aromatic N) is 5. The maximum absolute atomic E-state index is 13.5. The minimum absolute atomic E-state index is 0. The molecular formula is C72H80N7NaO23Si3. The van der Waals surface area contributed by atoms with E-state index in [4.69, 9.17) is 32.2 Å². The summed E-state index contributed by atoms with van der Waals surface area (Å²) >= 11 is 0. The molecule has 106 heavy (non-hydrogen) atoms. The van der Waals surface area contributed by atoms with Crippen LogP contribution in [-0.4, -0.2) is 165 Å². The molecule has 30 nitrogen and oxygen atoms in total. The van der Waals surface area contributed by atoms with Crippen LogP contribution in [0.1, 0.15) is 77.4 Å². The second-order valence-corrected chi connectivity index (χ2v) is 41.8. The largest absolute Gasteiger partial charge is 1.00 e.